The van der Waals surface area contributed by atoms with E-state index in [9.17, 15) is 18.4 Å². The monoisotopic (exact) mass is 612 g/mol. The second kappa shape index (κ2) is 14.0. The molecule has 2 aromatic carbocycles. The second-order valence-corrected chi connectivity index (χ2v) is 10.4. The number of alkyl halides is 2. The molecule has 2 aromatic rings. The molecule has 2 atom stereocenters. The fourth-order valence-corrected chi connectivity index (χ4v) is 5.67. The number of quaternary nitrogens is 1. The van der Waals surface area contributed by atoms with Gasteiger partial charge in [-0.2, -0.15) is 8.78 Å². The van der Waals surface area contributed by atoms with Crippen molar-refractivity contribution in [2.24, 2.45) is 0 Å². The number of ether oxygens (including phenoxy) is 7. The van der Waals surface area contributed by atoms with Crippen LogP contribution in [0.1, 0.15) is 35.6 Å². The lowest BCUT2D eigenvalue weighted by Crippen LogP contribution is -2.53. The van der Waals surface area contributed by atoms with E-state index in [1.54, 1.807) is 28.4 Å². The standard InChI is InChI=1S/C30H39F2NO10/c1-33(10-8-12-43-29(36)30(31,32)17-24(34)35)11-9-19-16-23(39-4)27(41-6)28(42-7)25(19)20(33)13-18-14-21(37-2)26(40-5)22(15-18)38-3/h14-16,20H,8-13,17H2,1-7H3/p+1/t20-,33-/m1/s1. The van der Waals surface area contributed by atoms with Crippen molar-refractivity contribution in [1.82, 2.24) is 0 Å². The molecular weight excluding hydrogens is 572 g/mol. The minimum atomic E-state index is -4.10. The molecule has 0 aliphatic carbocycles. The highest BCUT2D eigenvalue weighted by Gasteiger charge is 2.45. The molecule has 0 radical (unpaired) electrons. The van der Waals surface area contributed by atoms with E-state index in [4.69, 9.17) is 38.3 Å². The molecule has 0 spiro atoms. The van der Waals surface area contributed by atoms with Crippen LogP contribution in [0.3, 0.4) is 0 Å². The van der Waals surface area contributed by atoms with Gasteiger partial charge >= 0.3 is 17.9 Å². The van der Waals surface area contributed by atoms with Crippen molar-refractivity contribution in [3.8, 4) is 34.5 Å². The van der Waals surface area contributed by atoms with Crippen molar-refractivity contribution in [2.45, 2.75) is 37.6 Å². The Morgan fingerprint density at radius 3 is 1.95 bits per heavy atom. The quantitative estimate of drug-likeness (QED) is 0.179. The Balaban J connectivity index is 2.02. The van der Waals surface area contributed by atoms with Crippen LogP contribution in [0.2, 0.25) is 0 Å². The largest absolute Gasteiger partial charge is 0.493 e. The molecule has 1 N–H and O–H groups in total. The molecule has 0 bridgehead atoms. The van der Waals surface area contributed by atoms with Crippen LogP contribution < -0.4 is 28.4 Å². The van der Waals surface area contributed by atoms with E-state index >= 15 is 0 Å². The van der Waals surface area contributed by atoms with Crippen molar-refractivity contribution in [2.75, 3.05) is 69.4 Å². The number of rotatable bonds is 15. The van der Waals surface area contributed by atoms with Gasteiger partial charge < -0.3 is 42.7 Å². The minimum Gasteiger partial charge on any atom is -0.493 e. The normalized spacial score (nSPS) is 17.8. The van der Waals surface area contributed by atoms with E-state index in [1.165, 1.54) is 14.2 Å². The number of methoxy groups -OCH3 is 6. The summed E-state index contributed by atoms with van der Waals surface area (Å²) in [5, 5.41) is 8.67. The molecule has 13 heteroatoms. The number of carbonyl (C=O) groups is 2. The molecule has 1 heterocycles. The fourth-order valence-electron chi connectivity index (χ4n) is 5.67. The molecule has 1 aliphatic heterocycles. The molecule has 0 unspecified atom stereocenters. The zero-order valence-electron chi connectivity index (χ0n) is 25.6. The number of fused-ring (bicyclic) bond motifs is 1. The predicted molar refractivity (Wildman–Crippen MR) is 151 cm³/mol. The van der Waals surface area contributed by atoms with Gasteiger partial charge in [0.15, 0.2) is 23.0 Å². The van der Waals surface area contributed by atoms with Crippen LogP contribution in [0.15, 0.2) is 18.2 Å². The Morgan fingerprint density at radius 2 is 1.44 bits per heavy atom. The van der Waals surface area contributed by atoms with Crippen LogP contribution in [0.5, 0.6) is 34.5 Å². The first-order chi connectivity index (χ1) is 20.4. The molecule has 0 aromatic heterocycles. The number of carboxylic acids is 1. The first-order valence-corrected chi connectivity index (χ1v) is 13.6. The molecular formula is C30H40F2NO10+. The molecule has 43 heavy (non-hydrogen) atoms. The van der Waals surface area contributed by atoms with Gasteiger partial charge in [0.25, 0.3) is 0 Å². The smallest absolute Gasteiger partial charge is 0.377 e. The van der Waals surface area contributed by atoms with Crippen LogP contribution >= 0.6 is 0 Å². The maximum atomic E-state index is 13.9. The van der Waals surface area contributed by atoms with Gasteiger partial charge in [0.1, 0.15) is 12.5 Å². The SMILES string of the molecule is COc1cc(C[C@@H]2c3c(cc(OC)c(OC)c3OC)CC[N@@+]2(C)CCCOC(=O)C(F)(F)CC(=O)O)cc(OC)c1OC. The molecule has 0 saturated heterocycles. The van der Waals surface area contributed by atoms with Gasteiger partial charge in [0.2, 0.25) is 11.5 Å². The van der Waals surface area contributed by atoms with Gasteiger partial charge in [-0.05, 0) is 29.3 Å². The van der Waals surface area contributed by atoms with Gasteiger partial charge in [-0.1, -0.05) is 0 Å². The molecule has 238 valence electrons. The van der Waals surface area contributed by atoms with Crippen LogP contribution in [0.25, 0.3) is 0 Å². The number of benzene rings is 2. The van der Waals surface area contributed by atoms with E-state index in [0.29, 0.717) is 64.9 Å². The third kappa shape index (κ3) is 7.15. The summed E-state index contributed by atoms with van der Waals surface area (Å²) in [5.41, 5.74) is 2.81. The van der Waals surface area contributed by atoms with Gasteiger partial charge in [-0.15, -0.1) is 0 Å². The van der Waals surface area contributed by atoms with Crippen LogP contribution in [-0.4, -0.2) is 96.9 Å². The van der Waals surface area contributed by atoms with E-state index in [2.05, 4.69) is 0 Å². The highest BCUT2D eigenvalue weighted by molar-refractivity contribution is 5.83. The number of likely N-dealkylation sites (N-methyl/N-ethyl adjacent to an activating group) is 1. The maximum absolute atomic E-state index is 13.9. The molecule has 0 amide bonds. The van der Waals surface area contributed by atoms with E-state index in [1.807, 2.05) is 25.2 Å². The van der Waals surface area contributed by atoms with Crippen molar-refractivity contribution in [1.29, 1.82) is 0 Å². The zero-order chi connectivity index (χ0) is 31.9. The summed E-state index contributed by atoms with van der Waals surface area (Å²) in [6.45, 7) is 0.822. The zero-order valence-corrected chi connectivity index (χ0v) is 25.6. The summed E-state index contributed by atoms with van der Waals surface area (Å²) in [7, 11) is 11.3. The number of carboxylic acid groups (broad SMARTS) is 1. The first kappa shape index (κ1) is 33.5. The lowest BCUT2D eigenvalue weighted by atomic mass is 9.85. The number of esters is 1. The van der Waals surface area contributed by atoms with Crippen molar-refractivity contribution in [3.05, 3.63) is 34.9 Å². The van der Waals surface area contributed by atoms with E-state index < -0.39 is 24.3 Å². The highest BCUT2D eigenvalue weighted by Crippen LogP contribution is 2.51. The summed E-state index contributed by atoms with van der Waals surface area (Å²) in [5.74, 6) is -4.79. The van der Waals surface area contributed by atoms with Gasteiger partial charge in [0.05, 0.1) is 75.0 Å². The summed E-state index contributed by atoms with van der Waals surface area (Å²) >= 11 is 0. The highest BCUT2D eigenvalue weighted by atomic mass is 19.3. The molecule has 3 rings (SSSR count). The van der Waals surface area contributed by atoms with Crippen LogP contribution in [-0.2, 0) is 27.2 Å². The topological polar surface area (TPSA) is 119 Å². The molecule has 0 saturated carbocycles. The fraction of sp³-hybridized carbons (Fsp3) is 0.533. The predicted octanol–water partition coefficient (Wildman–Crippen LogP) is 4.07. The van der Waals surface area contributed by atoms with Crippen molar-refractivity contribution < 1.29 is 61.1 Å². The number of hydrogen-bond donors (Lipinski definition) is 1. The lowest BCUT2D eigenvalue weighted by molar-refractivity contribution is -0.941. The van der Waals surface area contributed by atoms with Gasteiger partial charge in [-0.25, -0.2) is 4.79 Å². The van der Waals surface area contributed by atoms with Gasteiger partial charge in [-0.3, -0.25) is 4.79 Å². The van der Waals surface area contributed by atoms with Crippen LogP contribution in [0.4, 0.5) is 8.78 Å². The number of hydrogen-bond acceptors (Lipinski definition) is 9. The van der Waals surface area contributed by atoms with Crippen LogP contribution in [0, 0.1) is 0 Å². The summed E-state index contributed by atoms with van der Waals surface area (Å²) in [6, 6.07) is 5.46. The second-order valence-electron chi connectivity index (χ2n) is 10.4. The number of halogens is 2. The third-order valence-electron chi connectivity index (χ3n) is 7.80. The van der Waals surface area contributed by atoms with E-state index in [-0.39, 0.29) is 19.1 Å². The van der Waals surface area contributed by atoms with Crippen molar-refractivity contribution >= 4 is 11.9 Å². The first-order valence-electron chi connectivity index (χ1n) is 13.6. The number of carbonyl (C=O) groups excluding carboxylic acids is 1. The minimum absolute atomic E-state index is 0.231. The third-order valence-corrected chi connectivity index (χ3v) is 7.80. The Kier molecular flexibility index (Phi) is 10.9. The molecule has 11 nitrogen and oxygen atoms in total. The molecule has 1 aliphatic rings. The number of nitrogens with zero attached hydrogens (tertiary/aromatic N) is 1. The van der Waals surface area contributed by atoms with Gasteiger partial charge in [0, 0.05) is 19.3 Å². The summed E-state index contributed by atoms with van der Waals surface area (Å²) in [6.07, 6.45) is -0.228. The summed E-state index contributed by atoms with van der Waals surface area (Å²) < 4.78 is 66.8. The lowest BCUT2D eigenvalue weighted by Gasteiger charge is -2.46. The Morgan fingerprint density at radius 1 is 0.884 bits per heavy atom. The average Bonchev–Trinajstić information content (AvgIpc) is 2.98. The molecule has 0 fully saturated rings. The van der Waals surface area contributed by atoms with Crippen molar-refractivity contribution in [3.63, 3.8) is 0 Å². The summed E-state index contributed by atoms with van der Waals surface area (Å²) in [4.78, 5) is 22.6. The Hall–Kier alpha value is -4.00. The van der Waals surface area contributed by atoms with E-state index in [0.717, 1.165) is 16.7 Å². The maximum Gasteiger partial charge on any atom is 0.377 e. The Labute approximate surface area is 249 Å². The number of aliphatic carboxylic acids is 1. The average molecular weight is 613 g/mol. The Bertz CT molecular complexity index is 1290.